The number of hydrogen-bond acceptors (Lipinski definition) is 5. The van der Waals surface area contributed by atoms with Gasteiger partial charge in [-0.05, 0) is 35.9 Å². The molecule has 0 spiro atoms. The van der Waals surface area contributed by atoms with E-state index in [2.05, 4.69) is 15.2 Å². The van der Waals surface area contributed by atoms with Gasteiger partial charge in [-0.25, -0.2) is 4.98 Å². The van der Waals surface area contributed by atoms with Crippen LogP contribution in [0.3, 0.4) is 0 Å². The number of benzene rings is 2. The SMILES string of the molecule is COc1ccc2cc(-c3nnc(C)nc3N)ccc2c1. The Morgan fingerprint density at radius 2 is 1.75 bits per heavy atom. The number of hydrogen-bond donors (Lipinski definition) is 1. The number of fused-ring (bicyclic) bond motifs is 1. The highest BCUT2D eigenvalue weighted by Gasteiger charge is 2.08. The van der Waals surface area contributed by atoms with Crippen molar-refractivity contribution < 1.29 is 4.74 Å². The van der Waals surface area contributed by atoms with E-state index in [0.717, 1.165) is 22.1 Å². The maximum Gasteiger partial charge on any atom is 0.154 e. The third kappa shape index (κ3) is 2.14. The van der Waals surface area contributed by atoms with Crippen LogP contribution in [0.25, 0.3) is 22.0 Å². The van der Waals surface area contributed by atoms with Gasteiger partial charge in [-0.1, -0.05) is 18.2 Å². The number of methoxy groups -OCH3 is 1. The minimum absolute atomic E-state index is 0.394. The van der Waals surface area contributed by atoms with Crippen LogP contribution in [-0.4, -0.2) is 22.3 Å². The van der Waals surface area contributed by atoms with Gasteiger partial charge in [0, 0.05) is 5.56 Å². The maximum atomic E-state index is 5.91. The summed E-state index contributed by atoms with van der Waals surface area (Å²) in [7, 11) is 1.66. The van der Waals surface area contributed by atoms with Crippen LogP contribution in [0.15, 0.2) is 36.4 Å². The Balaban J connectivity index is 2.13. The molecule has 0 aliphatic carbocycles. The number of anilines is 1. The van der Waals surface area contributed by atoms with E-state index in [4.69, 9.17) is 10.5 Å². The normalized spacial score (nSPS) is 10.7. The molecule has 5 heteroatoms. The summed E-state index contributed by atoms with van der Waals surface area (Å²) < 4.78 is 5.22. The number of aromatic nitrogens is 3. The van der Waals surface area contributed by atoms with Gasteiger partial charge in [0.2, 0.25) is 0 Å². The van der Waals surface area contributed by atoms with Crippen LogP contribution in [0.2, 0.25) is 0 Å². The number of nitrogens with two attached hydrogens (primary N) is 1. The lowest BCUT2D eigenvalue weighted by Crippen LogP contribution is -2.01. The monoisotopic (exact) mass is 266 g/mol. The molecule has 0 unspecified atom stereocenters. The molecule has 0 aliphatic heterocycles. The van der Waals surface area contributed by atoms with Crippen LogP contribution in [0.4, 0.5) is 5.82 Å². The molecule has 100 valence electrons. The summed E-state index contributed by atoms with van der Waals surface area (Å²) in [6.07, 6.45) is 0. The Morgan fingerprint density at radius 1 is 1.00 bits per heavy atom. The van der Waals surface area contributed by atoms with Crippen molar-refractivity contribution >= 4 is 16.6 Å². The Labute approximate surface area is 116 Å². The van der Waals surface area contributed by atoms with Gasteiger partial charge >= 0.3 is 0 Å². The highest BCUT2D eigenvalue weighted by Crippen LogP contribution is 2.27. The first-order valence-electron chi connectivity index (χ1n) is 6.22. The summed E-state index contributed by atoms with van der Waals surface area (Å²) in [5.74, 6) is 1.80. The molecule has 0 aliphatic rings. The lowest BCUT2D eigenvalue weighted by Gasteiger charge is -2.06. The zero-order valence-corrected chi connectivity index (χ0v) is 11.3. The molecule has 0 amide bonds. The standard InChI is InChI=1S/C15H14N4O/c1-9-17-15(16)14(19-18-9)12-4-3-11-8-13(20-2)6-5-10(11)7-12/h3-8H,1-2H3,(H2,16,17,18). The van der Waals surface area contributed by atoms with Crippen molar-refractivity contribution in [1.82, 2.24) is 15.2 Å². The smallest absolute Gasteiger partial charge is 0.154 e. The first-order valence-corrected chi connectivity index (χ1v) is 6.22. The minimum atomic E-state index is 0.394. The zero-order chi connectivity index (χ0) is 14.1. The van der Waals surface area contributed by atoms with Gasteiger partial charge in [0.25, 0.3) is 0 Å². The second-order valence-corrected chi connectivity index (χ2v) is 4.52. The summed E-state index contributed by atoms with van der Waals surface area (Å²) in [6, 6.07) is 11.9. The van der Waals surface area contributed by atoms with Crippen molar-refractivity contribution in [2.24, 2.45) is 0 Å². The maximum absolute atomic E-state index is 5.91. The number of nitrogen functional groups attached to an aromatic ring is 1. The van der Waals surface area contributed by atoms with Crippen molar-refractivity contribution in [1.29, 1.82) is 0 Å². The molecular weight excluding hydrogens is 252 g/mol. The predicted molar refractivity (Wildman–Crippen MR) is 78.5 cm³/mol. The van der Waals surface area contributed by atoms with Crippen LogP contribution in [0, 0.1) is 6.92 Å². The van der Waals surface area contributed by atoms with Crippen molar-refractivity contribution in [2.45, 2.75) is 6.92 Å². The van der Waals surface area contributed by atoms with Crippen LogP contribution in [0.5, 0.6) is 5.75 Å². The van der Waals surface area contributed by atoms with Gasteiger partial charge in [-0.15, -0.1) is 10.2 Å². The van der Waals surface area contributed by atoms with Crippen LogP contribution in [0.1, 0.15) is 5.82 Å². The molecule has 2 aromatic carbocycles. The van der Waals surface area contributed by atoms with Gasteiger partial charge in [0.15, 0.2) is 5.82 Å². The lowest BCUT2D eigenvalue weighted by molar-refractivity contribution is 0.415. The second-order valence-electron chi connectivity index (χ2n) is 4.52. The van der Waals surface area contributed by atoms with E-state index in [-0.39, 0.29) is 0 Å². The van der Waals surface area contributed by atoms with E-state index in [1.807, 2.05) is 36.4 Å². The van der Waals surface area contributed by atoms with Crippen LogP contribution < -0.4 is 10.5 Å². The summed E-state index contributed by atoms with van der Waals surface area (Å²) in [4.78, 5) is 4.14. The van der Waals surface area contributed by atoms with E-state index < -0.39 is 0 Å². The largest absolute Gasteiger partial charge is 0.497 e. The van der Waals surface area contributed by atoms with Gasteiger partial charge < -0.3 is 10.5 Å². The van der Waals surface area contributed by atoms with E-state index in [9.17, 15) is 0 Å². The minimum Gasteiger partial charge on any atom is -0.497 e. The van der Waals surface area contributed by atoms with Crippen molar-refractivity contribution in [3.63, 3.8) is 0 Å². The van der Waals surface area contributed by atoms with Crippen molar-refractivity contribution in [2.75, 3.05) is 12.8 Å². The summed E-state index contributed by atoms with van der Waals surface area (Å²) in [5, 5.41) is 10.3. The third-order valence-corrected chi connectivity index (χ3v) is 3.14. The highest BCUT2D eigenvalue weighted by atomic mass is 16.5. The summed E-state index contributed by atoms with van der Waals surface area (Å²) >= 11 is 0. The molecule has 5 nitrogen and oxygen atoms in total. The molecule has 0 atom stereocenters. The fraction of sp³-hybridized carbons (Fsp3) is 0.133. The molecular formula is C15H14N4O. The average Bonchev–Trinajstić information content (AvgIpc) is 2.46. The van der Waals surface area contributed by atoms with Crippen molar-refractivity contribution in [3.05, 3.63) is 42.2 Å². The molecule has 2 N–H and O–H groups in total. The molecule has 3 rings (SSSR count). The Hall–Kier alpha value is -2.69. The molecule has 0 saturated heterocycles. The topological polar surface area (TPSA) is 73.9 Å². The zero-order valence-electron chi connectivity index (χ0n) is 11.3. The molecule has 20 heavy (non-hydrogen) atoms. The number of rotatable bonds is 2. The van der Waals surface area contributed by atoms with Crippen LogP contribution in [-0.2, 0) is 0 Å². The summed E-state index contributed by atoms with van der Waals surface area (Å²) in [5.41, 5.74) is 7.42. The van der Waals surface area contributed by atoms with E-state index in [1.54, 1.807) is 14.0 Å². The first kappa shape index (κ1) is 12.3. The highest BCUT2D eigenvalue weighted by molar-refractivity contribution is 5.89. The second kappa shape index (κ2) is 4.77. The summed E-state index contributed by atoms with van der Waals surface area (Å²) in [6.45, 7) is 1.76. The van der Waals surface area contributed by atoms with Gasteiger partial charge in [0.1, 0.15) is 17.3 Å². The fourth-order valence-corrected chi connectivity index (χ4v) is 2.13. The molecule has 3 aromatic rings. The number of ether oxygens (including phenoxy) is 1. The van der Waals surface area contributed by atoms with Gasteiger partial charge in [-0.2, -0.15) is 0 Å². The van der Waals surface area contributed by atoms with E-state index >= 15 is 0 Å². The molecule has 1 aromatic heterocycles. The first-order chi connectivity index (χ1) is 9.67. The number of aryl methyl sites for hydroxylation is 1. The predicted octanol–water partition coefficient (Wildman–Crippen LogP) is 2.59. The Kier molecular flexibility index (Phi) is 2.95. The number of nitrogens with zero attached hydrogens (tertiary/aromatic N) is 3. The molecule has 1 heterocycles. The molecule has 0 fully saturated rings. The molecule has 0 radical (unpaired) electrons. The Bertz CT molecular complexity index is 786. The molecule has 0 bridgehead atoms. The lowest BCUT2D eigenvalue weighted by atomic mass is 10.0. The van der Waals surface area contributed by atoms with Gasteiger partial charge in [-0.3, -0.25) is 0 Å². The average molecular weight is 266 g/mol. The Morgan fingerprint density at radius 3 is 2.50 bits per heavy atom. The fourth-order valence-electron chi connectivity index (χ4n) is 2.13. The van der Waals surface area contributed by atoms with Gasteiger partial charge in [0.05, 0.1) is 7.11 Å². The third-order valence-electron chi connectivity index (χ3n) is 3.14. The van der Waals surface area contributed by atoms with E-state index in [0.29, 0.717) is 17.3 Å². The molecule has 0 saturated carbocycles. The van der Waals surface area contributed by atoms with Crippen LogP contribution >= 0.6 is 0 Å². The quantitative estimate of drug-likeness (QED) is 0.771. The van der Waals surface area contributed by atoms with E-state index in [1.165, 1.54) is 0 Å². The van der Waals surface area contributed by atoms with Crippen molar-refractivity contribution in [3.8, 4) is 17.0 Å².